The van der Waals surface area contributed by atoms with Gasteiger partial charge in [-0.25, -0.2) is 0 Å². The molecule has 2 atom stereocenters. The molecule has 5 N–H and O–H groups in total. The third-order valence-electron chi connectivity index (χ3n) is 2.83. The zero-order chi connectivity index (χ0) is 13.0. The molecule has 1 rings (SSSR count). The van der Waals surface area contributed by atoms with E-state index in [0.717, 1.165) is 0 Å². The molecule has 0 amide bonds. The molecule has 0 spiro atoms. The van der Waals surface area contributed by atoms with Crippen molar-refractivity contribution in [3.63, 3.8) is 0 Å². The second-order valence-corrected chi connectivity index (χ2v) is 4.00. The summed E-state index contributed by atoms with van der Waals surface area (Å²) in [6, 6.07) is 3.68. The Morgan fingerprint density at radius 1 is 1.41 bits per heavy atom. The number of hydrogen-bond donors (Lipinski definition) is 4. The van der Waals surface area contributed by atoms with Gasteiger partial charge in [0.2, 0.25) is 0 Å². The lowest BCUT2D eigenvalue weighted by atomic mass is 9.89. The van der Waals surface area contributed by atoms with Crippen LogP contribution >= 0.6 is 0 Å². The van der Waals surface area contributed by atoms with Gasteiger partial charge in [0.25, 0.3) is 0 Å². The average molecular weight is 239 g/mol. The van der Waals surface area contributed by atoms with Crippen LogP contribution in [0.3, 0.4) is 0 Å². The molecule has 1 aromatic carbocycles. The second kappa shape index (κ2) is 5.54. The molecule has 17 heavy (non-hydrogen) atoms. The van der Waals surface area contributed by atoms with E-state index >= 15 is 0 Å². The van der Waals surface area contributed by atoms with Crippen molar-refractivity contribution >= 4 is 5.97 Å². The monoisotopic (exact) mass is 239 g/mol. The molecule has 1 aromatic rings. The lowest BCUT2D eigenvalue weighted by molar-refractivity contribution is -0.138. The number of nitrogens with two attached hydrogens (primary N) is 1. The van der Waals surface area contributed by atoms with Gasteiger partial charge in [-0.1, -0.05) is 19.1 Å². The van der Waals surface area contributed by atoms with E-state index in [4.69, 9.17) is 10.8 Å². The number of para-hydroxylation sites is 1. The third-order valence-corrected chi connectivity index (χ3v) is 2.83. The maximum absolute atomic E-state index is 10.7. The van der Waals surface area contributed by atoms with Gasteiger partial charge >= 0.3 is 5.97 Å². The topological polar surface area (TPSA) is 104 Å². The Bertz CT molecular complexity index is 405. The van der Waals surface area contributed by atoms with Gasteiger partial charge in [0.05, 0.1) is 0 Å². The predicted octanol–water partition coefficient (Wildman–Crippen LogP) is 1.39. The van der Waals surface area contributed by atoms with Gasteiger partial charge < -0.3 is 21.1 Å². The number of phenols is 2. The summed E-state index contributed by atoms with van der Waals surface area (Å²) in [4.78, 5) is 10.7. The van der Waals surface area contributed by atoms with Crippen LogP contribution in [0.15, 0.2) is 18.2 Å². The van der Waals surface area contributed by atoms with Crippen LogP contribution in [-0.2, 0) is 4.79 Å². The van der Waals surface area contributed by atoms with E-state index < -0.39 is 12.0 Å². The highest BCUT2D eigenvalue weighted by Gasteiger charge is 2.21. The molecule has 94 valence electrons. The molecule has 0 aliphatic heterocycles. The van der Waals surface area contributed by atoms with Crippen molar-refractivity contribution < 1.29 is 20.1 Å². The number of aliphatic carboxylic acids is 1. The van der Waals surface area contributed by atoms with Crippen molar-refractivity contribution in [1.29, 1.82) is 0 Å². The fourth-order valence-electron chi connectivity index (χ4n) is 1.80. The SMILES string of the molecule is CCC(CC(N)C(=O)O)c1cccc(O)c1O. The number of carboxylic acids is 1. The van der Waals surface area contributed by atoms with E-state index in [1.165, 1.54) is 6.07 Å². The Balaban J connectivity index is 2.94. The van der Waals surface area contributed by atoms with Crippen molar-refractivity contribution in [2.75, 3.05) is 0 Å². The molecule has 2 unspecified atom stereocenters. The molecule has 0 bridgehead atoms. The molecule has 0 fully saturated rings. The van der Waals surface area contributed by atoms with E-state index in [1.54, 1.807) is 12.1 Å². The largest absolute Gasteiger partial charge is 0.504 e. The van der Waals surface area contributed by atoms with Crippen LogP contribution < -0.4 is 5.73 Å². The highest BCUT2D eigenvalue weighted by Crippen LogP contribution is 2.36. The van der Waals surface area contributed by atoms with E-state index in [-0.39, 0.29) is 23.8 Å². The first-order valence-electron chi connectivity index (χ1n) is 5.46. The van der Waals surface area contributed by atoms with Crippen molar-refractivity contribution in [3.05, 3.63) is 23.8 Å². The maximum Gasteiger partial charge on any atom is 0.320 e. The van der Waals surface area contributed by atoms with Crippen LogP contribution in [0.1, 0.15) is 31.2 Å². The minimum Gasteiger partial charge on any atom is -0.504 e. The highest BCUT2D eigenvalue weighted by atomic mass is 16.4. The number of phenolic OH excluding ortho intramolecular Hbond substituents is 2. The smallest absolute Gasteiger partial charge is 0.320 e. The van der Waals surface area contributed by atoms with Crippen LogP contribution in [0.5, 0.6) is 11.5 Å². The summed E-state index contributed by atoms with van der Waals surface area (Å²) in [5.41, 5.74) is 6.01. The van der Waals surface area contributed by atoms with Crippen LogP contribution in [0.4, 0.5) is 0 Å². The van der Waals surface area contributed by atoms with Gasteiger partial charge in [0, 0.05) is 5.56 Å². The molecule has 0 aromatic heterocycles. The molecule has 0 heterocycles. The van der Waals surface area contributed by atoms with Gasteiger partial charge in [-0.2, -0.15) is 0 Å². The van der Waals surface area contributed by atoms with Gasteiger partial charge in [0.1, 0.15) is 6.04 Å². The van der Waals surface area contributed by atoms with Gasteiger partial charge in [-0.3, -0.25) is 4.79 Å². The maximum atomic E-state index is 10.7. The third kappa shape index (κ3) is 3.10. The number of hydrogen-bond acceptors (Lipinski definition) is 4. The van der Waals surface area contributed by atoms with E-state index in [0.29, 0.717) is 12.0 Å². The van der Waals surface area contributed by atoms with Gasteiger partial charge in [-0.15, -0.1) is 0 Å². The predicted molar refractivity (Wildman–Crippen MR) is 63.0 cm³/mol. The molecule has 5 heteroatoms. The fourth-order valence-corrected chi connectivity index (χ4v) is 1.80. The zero-order valence-corrected chi connectivity index (χ0v) is 9.63. The van der Waals surface area contributed by atoms with Gasteiger partial charge in [0.15, 0.2) is 11.5 Å². The minimum atomic E-state index is -1.07. The summed E-state index contributed by atoms with van der Waals surface area (Å²) in [5.74, 6) is -1.65. The summed E-state index contributed by atoms with van der Waals surface area (Å²) in [6.45, 7) is 1.88. The van der Waals surface area contributed by atoms with E-state index in [2.05, 4.69) is 0 Å². The number of carboxylic acid groups (broad SMARTS) is 1. The zero-order valence-electron chi connectivity index (χ0n) is 9.63. The first kappa shape index (κ1) is 13.3. The van der Waals surface area contributed by atoms with Crippen molar-refractivity contribution in [3.8, 4) is 11.5 Å². The van der Waals surface area contributed by atoms with Crippen molar-refractivity contribution in [2.45, 2.75) is 31.7 Å². The molecule has 0 saturated heterocycles. The normalized spacial score (nSPS) is 14.2. The molecule has 0 saturated carbocycles. The lowest BCUT2D eigenvalue weighted by Gasteiger charge is -2.19. The van der Waals surface area contributed by atoms with Crippen molar-refractivity contribution in [2.24, 2.45) is 5.73 Å². The highest BCUT2D eigenvalue weighted by molar-refractivity contribution is 5.73. The number of carbonyl (C=O) groups is 1. The number of rotatable bonds is 5. The molecular formula is C12H17NO4. The number of aromatic hydroxyl groups is 2. The van der Waals surface area contributed by atoms with Crippen molar-refractivity contribution in [1.82, 2.24) is 0 Å². The summed E-state index contributed by atoms with van der Waals surface area (Å²) in [7, 11) is 0. The van der Waals surface area contributed by atoms with Crippen LogP contribution in [-0.4, -0.2) is 27.3 Å². The van der Waals surface area contributed by atoms with Crippen LogP contribution in [0.2, 0.25) is 0 Å². The minimum absolute atomic E-state index is 0.187. The quantitative estimate of drug-likeness (QED) is 0.581. The lowest BCUT2D eigenvalue weighted by Crippen LogP contribution is -2.31. The summed E-state index contributed by atoms with van der Waals surface area (Å²) in [6.07, 6.45) is 0.862. The standard InChI is InChI=1S/C12H17NO4/c1-2-7(6-9(13)12(16)17)8-4-3-5-10(14)11(8)15/h3-5,7,9,14-15H,2,6,13H2,1H3,(H,16,17). The molecule has 0 aliphatic carbocycles. The molecule has 0 radical (unpaired) electrons. The first-order chi connectivity index (χ1) is 7.97. The van der Waals surface area contributed by atoms with Crippen LogP contribution in [0.25, 0.3) is 0 Å². The Hall–Kier alpha value is -1.75. The average Bonchev–Trinajstić information content (AvgIpc) is 2.29. The van der Waals surface area contributed by atoms with E-state index in [9.17, 15) is 15.0 Å². The number of benzene rings is 1. The summed E-state index contributed by atoms with van der Waals surface area (Å²) >= 11 is 0. The molecular weight excluding hydrogens is 222 g/mol. The second-order valence-electron chi connectivity index (χ2n) is 4.00. The Morgan fingerprint density at radius 3 is 2.59 bits per heavy atom. The summed E-state index contributed by atoms with van der Waals surface area (Å²) in [5, 5.41) is 27.9. The van der Waals surface area contributed by atoms with Crippen LogP contribution in [0, 0.1) is 0 Å². The first-order valence-corrected chi connectivity index (χ1v) is 5.46. The van der Waals surface area contributed by atoms with E-state index in [1.807, 2.05) is 6.92 Å². The Morgan fingerprint density at radius 2 is 2.06 bits per heavy atom. The molecule has 0 aliphatic rings. The molecule has 5 nitrogen and oxygen atoms in total. The Kier molecular flexibility index (Phi) is 4.34. The summed E-state index contributed by atoms with van der Waals surface area (Å²) < 4.78 is 0. The Labute approximate surface area is 99.5 Å². The van der Waals surface area contributed by atoms with Gasteiger partial charge in [-0.05, 0) is 24.8 Å². The fraction of sp³-hybridized carbons (Fsp3) is 0.417.